The zero-order chi connectivity index (χ0) is 19.2. The number of thiazole rings is 1. The molecule has 0 N–H and O–H groups in total. The Bertz CT molecular complexity index is 1230. The van der Waals surface area contributed by atoms with Gasteiger partial charge in [-0.2, -0.15) is 0 Å². The Morgan fingerprint density at radius 1 is 1.00 bits per heavy atom. The smallest absolute Gasteiger partial charge is 0.267 e. The van der Waals surface area contributed by atoms with Crippen LogP contribution in [0.25, 0.3) is 22.4 Å². The van der Waals surface area contributed by atoms with Crippen LogP contribution in [0.2, 0.25) is 0 Å². The molecule has 0 aliphatic heterocycles. The van der Waals surface area contributed by atoms with Gasteiger partial charge in [0.05, 0.1) is 4.53 Å². The van der Waals surface area contributed by atoms with Gasteiger partial charge in [0, 0.05) is 5.56 Å². The molecule has 0 aliphatic rings. The van der Waals surface area contributed by atoms with Crippen LogP contribution in [-0.4, -0.2) is 14.6 Å². The molecule has 0 fully saturated rings. The van der Waals surface area contributed by atoms with Crippen molar-refractivity contribution in [1.82, 2.24) is 14.6 Å². The van der Waals surface area contributed by atoms with E-state index in [0.29, 0.717) is 15.3 Å². The Labute approximate surface area is 161 Å². The normalized spacial score (nSPS) is 12.8. The van der Waals surface area contributed by atoms with Crippen molar-refractivity contribution in [2.24, 2.45) is 0 Å². The van der Waals surface area contributed by atoms with Gasteiger partial charge in [0.15, 0.2) is 5.82 Å². The number of nitrogens with zero attached hydrogens (tertiary/aromatic N) is 3. The van der Waals surface area contributed by atoms with Crippen LogP contribution < -0.4 is 10.1 Å². The molecule has 0 saturated carbocycles. The van der Waals surface area contributed by atoms with Gasteiger partial charge in [-0.25, -0.2) is 4.40 Å². The van der Waals surface area contributed by atoms with E-state index in [-0.39, 0.29) is 11.0 Å². The third kappa shape index (κ3) is 3.19. The molecule has 4 aromatic rings. The van der Waals surface area contributed by atoms with Crippen molar-refractivity contribution in [2.75, 3.05) is 0 Å². The van der Waals surface area contributed by atoms with Crippen LogP contribution in [0.1, 0.15) is 37.5 Å². The first-order valence-electron chi connectivity index (χ1n) is 8.91. The van der Waals surface area contributed by atoms with Crippen LogP contribution >= 0.6 is 11.3 Å². The van der Waals surface area contributed by atoms with Gasteiger partial charge in [-0.15, -0.1) is 10.2 Å². The van der Waals surface area contributed by atoms with Crippen molar-refractivity contribution in [1.29, 1.82) is 0 Å². The minimum atomic E-state index is -0.0712. The second-order valence-corrected chi connectivity index (χ2v) is 8.75. The molecule has 0 saturated heterocycles. The molecule has 0 amide bonds. The molecule has 4 nitrogen and oxygen atoms in total. The summed E-state index contributed by atoms with van der Waals surface area (Å²) >= 11 is 1.37. The van der Waals surface area contributed by atoms with Crippen LogP contribution in [0.15, 0.2) is 53.3 Å². The third-order valence-corrected chi connectivity index (χ3v) is 5.67. The van der Waals surface area contributed by atoms with Gasteiger partial charge in [0.1, 0.15) is 0 Å². The first-order chi connectivity index (χ1) is 12.8. The number of rotatable bonds is 2. The van der Waals surface area contributed by atoms with E-state index in [9.17, 15) is 4.79 Å². The van der Waals surface area contributed by atoms with Crippen LogP contribution in [0, 0.1) is 6.92 Å². The molecule has 5 heteroatoms. The summed E-state index contributed by atoms with van der Waals surface area (Å²) in [5, 5.41) is 8.46. The largest absolute Gasteiger partial charge is 0.276 e. The van der Waals surface area contributed by atoms with Gasteiger partial charge < -0.3 is 0 Å². The minimum Gasteiger partial charge on any atom is -0.267 e. The quantitative estimate of drug-likeness (QED) is 0.533. The molecule has 2 aromatic heterocycles. The summed E-state index contributed by atoms with van der Waals surface area (Å²) in [5.41, 5.74) is 4.32. The lowest BCUT2D eigenvalue weighted by Gasteiger charge is -2.18. The monoisotopic (exact) mass is 375 g/mol. The Kier molecular flexibility index (Phi) is 4.19. The summed E-state index contributed by atoms with van der Waals surface area (Å²) in [6.07, 6.45) is 1.93. The number of hydrogen-bond acceptors (Lipinski definition) is 4. The van der Waals surface area contributed by atoms with Crippen molar-refractivity contribution >= 4 is 22.4 Å². The molecular formula is C22H21N3OS. The maximum atomic E-state index is 13.0. The molecule has 2 heterocycles. The van der Waals surface area contributed by atoms with Gasteiger partial charge in [0.25, 0.3) is 5.56 Å². The fourth-order valence-electron chi connectivity index (χ4n) is 3.09. The molecule has 136 valence electrons. The molecule has 2 aromatic carbocycles. The zero-order valence-corrected chi connectivity index (χ0v) is 16.7. The summed E-state index contributed by atoms with van der Waals surface area (Å²) < 4.78 is 2.28. The zero-order valence-electron chi connectivity index (χ0n) is 15.9. The van der Waals surface area contributed by atoms with E-state index in [1.54, 1.807) is 4.40 Å². The lowest BCUT2D eigenvalue weighted by Crippen LogP contribution is -2.23. The molecule has 0 radical (unpaired) electrons. The highest BCUT2D eigenvalue weighted by Crippen LogP contribution is 2.23. The highest BCUT2D eigenvalue weighted by molar-refractivity contribution is 7.15. The SMILES string of the molecule is Cc1ccccc1-c1nnc2s/c(=C\c3ccc(C(C)(C)C)cc3)c(=O)n12. The Morgan fingerprint density at radius 2 is 1.70 bits per heavy atom. The van der Waals surface area contributed by atoms with Crippen molar-refractivity contribution in [2.45, 2.75) is 33.1 Å². The Morgan fingerprint density at radius 3 is 2.37 bits per heavy atom. The summed E-state index contributed by atoms with van der Waals surface area (Å²) in [6.45, 7) is 8.58. The van der Waals surface area contributed by atoms with E-state index in [1.807, 2.05) is 37.3 Å². The second-order valence-electron chi connectivity index (χ2n) is 7.74. The number of hydrogen-bond donors (Lipinski definition) is 0. The lowest BCUT2D eigenvalue weighted by molar-refractivity contribution is 0.590. The summed E-state index contributed by atoms with van der Waals surface area (Å²) in [5.74, 6) is 0.604. The van der Waals surface area contributed by atoms with Crippen molar-refractivity contribution < 1.29 is 0 Å². The standard InChI is InChI=1S/C22H21N3OS/c1-14-7-5-6-8-17(14)19-23-24-21-25(19)20(26)18(27-21)13-15-9-11-16(12-10-15)22(2,3)4/h5-13H,1-4H3/b18-13-. The van der Waals surface area contributed by atoms with Crippen molar-refractivity contribution in [3.63, 3.8) is 0 Å². The van der Waals surface area contributed by atoms with E-state index in [1.165, 1.54) is 16.9 Å². The van der Waals surface area contributed by atoms with Crippen molar-refractivity contribution in [3.05, 3.63) is 80.1 Å². The first-order valence-corrected chi connectivity index (χ1v) is 9.72. The second kappa shape index (κ2) is 6.43. The average molecular weight is 375 g/mol. The fraction of sp³-hybridized carbons (Fsp3) is 0.227. The maximum Gasteiger partial charge on any atom is 0.276 e. The van der Waals surface area contributed by atoms with E-state index in [2.05, 4.69) is 55.2 Å². The average Bonchev–Trinajstić information content (AvgIpc) is 3.16. The van der Waals surface area contributed by atoms with Gasteiger partial charge in [-0.3, -0.25) is 4.79 Å². The fourth-order valence-corrected chi connectivity index (χ4v) is 4.00. The Balaban J connectivity index is 1.83. The molecule has 0 bridgehead atoms. The number of aromatic nitrogens is 3. The topological polar surface area (TPSA) is 47.3 Å². The van der Waals surface area contributed by atoms with Gasteiger partial charge >= 0.3 is 0 Å². The van der Waals surface area contributed by atoms with E-state index in [4.69, 9.17) is 0 Å². The lowest BCUT2D eigenvalue weighted by atomic mass is 9.87. The summed E-state index contributed by atoms with van der Waals surface area (Å²) in [6, 6.07) is 16.3. The predicted octanol–water partition coefficient (Wildman–Crippen LogP) is 3.97. The van der Waals surface area contributed by atoms with Gasteiger partial charge in [-0.1, -0.05) is 80.6 Å². The molecule has 0 unspecified atom stereocenters. The highest BCUT2D eigenvalue weighted by Gasteiger charge is 2.16. The van der Waals surface area contributed by atoms with Gasteiger partial charge in [0.2, 0.25) is 4.96 Å². The molecule has 4 rings (SSSR count). The Hall–Kier alpha value is -2.79. The van der Waals surface area contributed by atoms with Gasteiger partial charge in [-0.05, 0) is 35.1 Å². The van der Waals surface area contributed by atoms with Crippen LogP contribution in [0.4, 0.5) is 0 Å². The summed E-state index contributed by atoms with van der Waals surface area (Å²) in [7, 11) is 0. The van der Waals surface area contributed by atoms with Crippen LogP contribution in [0.3, 0.4) is 0 Å². The number of benzene rings is 2. The van der Waals surface area contributed by atoms with Crippen molar-refractivity contribution in [3.8, 4) is 11.4 Å². The minimum absolute atomic E-state index is 0.0712. The predicted molar refractivity (Wildman–Crippen MR) is 111 cm³/mol. The molecule has 0 spiro atoms. The molecule has 27 heavy (non-hydrogen) atoms. The third-order valence-electron chi connectivity index (χ3n) is 4.71. The first kappa shape index (κ1) is 17.6. The van der Waals surface area contributed by atoms with E-state index >= 15 is 0 Å². The molecule has 0 atom stereocenters. The number of aryl methyl sites for hydroxylation is 1. The maximum absolute atomic E-state index is 13.0. The summed E-state index contributed by atoms with van der Waals surface area (Å²) in [4.78, 5) is 13.6. The molecular weight excluding hydrogens is 354 g/mol. The number of fused-ring (bicyclic) bond motifs is 1. The molecule has 0 aliphatic carbocycles. The van der Waals surface area contributed by atoms with Crippen LogP contribution in [-0.2, 0) is 5.41 Å². The highest BCUT2D eigenvalue weighted by atomic mass is 32.1. The van der Waals surface area contributed by atoms with E-state index in [0.717, 1.165) is 16.7 Å². The van der Waals surface area contributed by atoms with E-state index < -0.39 is 0 Å². The van der Waals surface area contributed by atoms with Crippen LogP contribution in [0.5, 0.6) is 0 Å².